The van der Waals surface area contributed by atoms with Crippen LogP contribution in [0.1, 0.15) is 52.6 Å². The molecular weight excluding hydrogens is 224 g/mol. The fourth-order valence-corrected chi connectivity index (χ4v) is 1.98. The van der Waals surface area contributed by atoms with Crippen molar-refractivity contribution in [1.82, 2.24) is 10.3 Å². The van der Waals surface area contributed by atoms with E-state index in [4.69, 9.17) is 4.74 Å². The predicted molar refractivity (Wildman–Crippen MR) is 75.9 cm³/mol. The Kier molecular flexibility index (Phi) is 6.13. The minimum atomic E-state index is 0.183. The monoisotopic (exact) mass is 250 g/mol. The Balaban J connectivity index is 2.83. The van der Waals surface area contributed by atoms with E-state index in [1.54, 1.807) is 6.20 Å². The van der Waals surface area contributed by atoms with E-state index in [9.17, 15) is 0 Å². The maximum atomic E-state index is 5.70. The maximum absolute atomic E-state index is 5.70. The largest absolute Gasteiger partial charge is 0.489 e. The van der Waals surface area contributed by atoms with Crippen LogP contribution in [0.2, 0.25) is 0 Å². The fraction of sp³-hybridized carbons (Fsp3) is 0.667. The zero-order chi connectivity index (χ0) is 13.5. The molecule has 1 N–H and O–H groups in total. The molecule has 0 aliphatic rings. The van der Waals surface area contributed by atoms with Gasteiger partial charge in [0.2, 0.25) is 0 Å². The van der Waals surface area contributed by atoms with Gasteiger partial charge < -0.3 is 10.1 Å². The Morgan fingerprint density at radius 3 is 2.50 bits per heavy atom. The molecule has 0 bridgehead atoms. The SMILES string of the molecule is CCCNC(c1cncc(OC(C)C)c1)C(C)C. The smallest absolute Gasteiger partial charge is 0.138 e. The van der Waals surface area contributed by atoms with Gasteiger partial charge >= 0.3 is 0 Å². The first-order valence-corrected chi connectivity index (χ1v) is 6.89. The van der Waals surface area contributed by atoms with Gasteiger partial charge in [0, 0.05) is 12.2 Å². The Labute approximate surface area is 111 Å². The van der Waals surface area contributed by atoms with Crippen molar-refractivity contribution in [2.45, 2.75) is 53.2 Å². The van der Waals surface area contributed by atoms with Crippen LogP contribution in [0.15, 0.2) is 18.5 Å². The molecule has 0 radical (unpaired) electrons. The molecule has 0 aromatic carbocycles. The first-order chi connectivity index (χ1) is 8.54. The molecule has 3 nitrogen and oxygen atoms in total. The number of rotatable bonds is 7. The van der Waals surface area contributed by atoms with Gasteiger partial charge in [0.05, 0.1) is 12.3 Å². The van der Waals surface area contributed by atoms with Crippen LogP contribution in [0, 0.1) is 5.92 Å². The van der Waals surface area contributed by atoms with E-state index < -0.39 is 0 Å². The van der Waals surface area contributed by atoms with Gasteiger partial charge in [0.25, 0.3) is 0 Å². The highest BCUT2D eigenvalue weighted by Gasteiger charge is 2.16. The van der Waals surface area contributed by atoms with Crippen LogP contribution in [0.3, 0.4) is 0 Å². The molecule has 0 saturated heterocycles. The van der Waals surface area contributed by atoms with E-state index in [0.29, 0.717) is 12.0 Å². The third-order valence-electron chi connectivity index (χ3n) is 2.75. The van der Waals surface area contributed by atoms with Crippen molar-refractivity contribution < 1.29 is 4.74 Å². The standard InChI is InChI=1S/C15H26N2O/c1-6-7-17-15(11(2)3)13-8-14(10-16-9-13)18-12(4)5/h8-12,15,17H,6-7H2,1-5H3. The summed E-state index contributed by atoms with van der Waals surface area (Å²) in [6.45, 7) is 11.7. The summed E-state index contributed by atoms with van der Waals surface area (Å²) >= 11 is 0. The van der Waals surface area contributed by atoms with Crippen molar-refractivity contribution >= 4 is 0 Å². The van der Waals surface area contributed by atoms with Crippen LogP contribution >= 0.6 is 0 Å². The summed E-state index contributed by atoms with van der Waals surface area (Å²) in [6.07, 6.45) is 5.03. The molecule has 0 saturated carbocycles. The van der Waals surface area contributed by atoms with E-state index in [1.165, 1.54) is 5.56 Å². The quantitative estimate of drug-likeness (QED) is 0.803. The number of hydrogen-bond donors (Lipinski definition) is 1. The number of hydrogen-bond acceptors (Lipinski definition) is 3. The lowest BCUT2D eigenvalue weighted by Crippen LogP contribution is -2.26. The van der Waals surface area contributed by atoms with Gasteiger partial charge in [-0.15, -0.1) is 0 Å². The molecule has 18 heavy (non-hydrogen) atoms. The average molecular weight is 250 g/mol. The van der Waals surface area contributed by atoms with Crippen LogP contribution in [0.25, 0.3) is 0 Å². The van der Waals surface area contributed by atoms with Crippen molar-refractivity contribution in [2.75, 3.05) is 6.54 Å². The van der Waals surface area contributed by atoms with E-state index >= 15 is 0 Å². The van der Waals surface area contributed by atoms with Gasteiger partial charge in [-0.25, -0.2) is 0 Å². The van der Waals surface area contributed by atoms with Crippen LogP contribution in [-0.2, 0) is 0 Å². The molecular formula is C15H26N2O. The molecule has 1 rings (SSSR count). The van der Waals surface area contributed by atoms with Crippen molar-refractivity contribution in [2.24, 2.45) is 5.92 Å². The Bertz CT molecular complexity index is 350. The lowest BCUT2D eigenvalue weighted by atomic mass is 9.97. The Hall–Kier alpha value is -1.09. The van der Waals surface area contributed by atoms with Crippen molar-refractivity contribution in [3.8, 4) is 5.75 Å². The van der Waals surface area contributed by atoms with Crippen LogP contribution in [-0.4, -0.2) is 17.6 Å². The van der Waals surface area contributed by atoms with Crippen molar-refractivity contribution in [3.05, 3.63) is 24.0 Å². The minimum Gasteiger partial charge on any atom is -0.489 e. The number of pyridine rings is 1. The second-order valence-electron chi connectivity index (χ2n) is 5.30. The summed E-state index contributed by atoms with van der Waals surface area (Å²) in [5.41, 5.74) is 1.21. The molecule has 1 heterocycles. The second-order valence-corrected chi connectivity index (χ2v) is 5.30. The highest BCUT2D eigenvalue weighted by molar-refractivity contribution is 5.26. The summed E-state index contributed by atoms with van der Waals surface area (Å²) in [5.74, 6) is 1.39. The average Bonchev–Trinajstić information content (AvgIpc) is 2.28. The van der Waals surface area contributed by atoms with Crippen molar-refractivity contribution in [3.63, 3.8) is 0 Å². The fourth-order valence-electron chi connectivity index (χ4n) is 1.98. The molecule has 1 aromatic heterocycles. The molecule has 1 unspecified atom stereocenters. The highest BCUT2D eigenvalue weighted by Crippen LogP contribution is 2.24. The zero-order valence-corrected chi connectivity index (χ0v) is 12.2. The van der Waals surface area contributed by atoms with Gasteiger partial charge in [0.15, 0.2) is 0 Å². The topological polar surface area (TPSA) is 34.2 Å². The lowest BCUT2D eigenvalue weighted by molar-refractivity contribution is 0.240. The molecule has 0 amide bonds. The van der Waals surface area contributed by atoms with Gasteiger partial charge in [-0.2, -0.15) is 0 Å². The molecule has 0 spiro atoms. The summed E-state index contributed by atoms with van der Waals surface area (Å²) in [5, 5.41) is 3.57. The lowest BCUT2D eigenvalue weighted by Gasteiger charge is -2.23. The molecule has 0 fully saturated rings. The molecule has 102 valence electrons. The number of aromatic nitrogens is 1. The Morgan fingerprint density at radius 2 is 1.94 bits per heavy atom. The molecule has 0 aliphatic carbocycles. The first-order valence-electron chi connectivity index (χ1n) is 6.89. The highest BCUT2D eigenvalue weighted by atomic mass is 16.5. The summed E-state index contributed by atoms with van der Waals surface area (Å²) in [7, 11) is 0. The third kappa shape index (κ3) is 4.65. The van der Waals surface area contributed by atoms with E-state index in [1.807, 2.05) is 20.0 Å². The second kappa shape index (κ2) is 7.37. The normalized spacial score (nSPS) is 13.1. The van der Waals surface area contributed by atoms with Gasteiger partial charge in [-0.3, -0.25) is 4.98 Å². The first kappa shape index (κ1) is 15.0. The zero-order valence-electron chi connectivity index (χ0n) is 12.2. The number of nitrogens with zero attached hydrogens (tertiary/aromatic N) is 1. The van der Waals surface area contributed by atoms with Crippen molar-refractivity contribution in [1.29, 1.82) is 0 Å². The Morgan fingerprint density at radius 1 is 1.22 bits per heavy atom. The molecule has 3 heteroatoms. The van der Waals surface area contributed by atoms with Crippen LogP contribution in [0.5, 0.6) is 5.75 Å². The van der Waals surface area contributed by atoms with E-state index in [2.05, 4.69) is 37.1 Å². The number of ether oxygens (including phenoxy) is 1. The predicted octanol–water partition coefficient (Wildman–Crippen LogP) is 3.57. The van der Waals surface area contributed by atoms with Gasteiger partial charge in [0.1, 0.15) is 5.75 Å². The summed E-state index contributed by atoms with van der Waals surface area (Å²) < 4.78 is 5.70. The van der Waals surface area contributed by atoms with Crippen LogP contribution in [0.4, 0.5) is 0 Å². The van der Waals surface area contributed by atoms with Gasteiger partial charge in [-0.1, -0.05) is 20.8 Å². The van der Waals surface area contributed by atoms with E-state index in [0.717, 1.165) is 18.7 Å². The molecule has 0 aliphatic heterocycles. The molecule has 1 aromatic rings. The summed E-state index contributed by atoms with van der Waals surface area (Å²) in [6, 6.07) is 2.44. The van der Waals surface area contributed by atoms with Gasteiger partial charge in [-0.05, 0) is 44.4 Å². The van der Waals surface area contributed by atoms with Crippen LogP contribution < -0.4 is 10.1 Å². The third-order valence-corrected chi connectivity index (χ3v) is 2.75. The summed E-state index contributed by atoms with van der Waals surface area (Å²) in [4.78, 5) is 4.28. The minimum absolute atomic E-state index is 0.183. The number of nitrogens with one attached hydrogen (secondary N) is 1. The molecule has 1 atom stereocenters. The maximum Gasteiger partial charge on any atom is 0.138 e. The van der Waals surface area contributed by atoms with E-state index in [-0.39, 0.29) is 6.10 Å².